The van der Waals surface area contributed by atoms with Crippen molar-refractivity contribution in [1.29, 1.82) is 0 Å². The molecule has 0 saturated carbocycles. The molecular weight excluding hydrogens is 229 g/mol. The lowest BCUT2D eigenvalue weighted by Gasteiger charge is -2.37. The maximum absolute atomic E-state index is 11.8. The molecule has 16 heavy (non-hydrogen) atoms. The fourth-order valence-corrected chi connectivity index (χ4v) is 1.20. The number of alkyl halides is 3. The van der Waals surface area contributed by atoms with E-state index in [0.717, 1.165) is 5.06 Å². The number of hydrogen-bond acceptors (Lipinski definition) is 5. The van der Waals surface area contributed by atoms with Gasteiger partial charge in [-0.15, -0.1) is 5.06 Å². The molecule has 94 valence electrons. The molecule has 0 aromatic rings. The Morgan fingerprint density at radius 3 is 2.62 bits per heavy atom. The number of hydroxylamine groups is 2. The summed E-state index contributed by atoms with van der Waals surface area (Å²) in [5.41, 5.74) is 0. The van der Waals surface area contributed by atoms with E-state index in [0.29, 0.717) is 13.0 Å². The number of carbonyl (C=O) groups is 1. The quantitative estimate of drug-likeness (QED) is 0.646. The van der Waals surface area contributed by atoms with Gasteiger partial charge >= 0.3 is 12.1 Å². The van der Waals surface area contributed by atoms with E-state index in [-0.39, 0.29) is 25.7 Å². The van der Waals surface area contributed by atoms with E-state index >= 15 is 0 Å². The molecule has 2 N–H and O–H groups in total. The molecule has 0 aromatic carbocycles. The number of nitrogens with zero attached hydrogens (tertiary/aromatic N) is 1. The maximum Gasteiger partial charge on any atom is 0.492 e. The summed E-state index contributed by atoms with van der Waals surface area (Å²) in [4.78, 5) is 14.5. The van der Waals surface area contributed by atoms with E-state index in [1.165, 1.54) is 0 Å². The minimum atomic E-state index is -4.95. The molecule has 1 aliphatic heterocycles. The first kappa shape index (κ1) is 13.2. The number of hydrogen-bond donors (Lipinski definition) is 2. The molecule has 0 spiro atoms. The first-order chi connectivity index (χ1) is 7.43. The lowest BCUT2D eigenvalue weighted by molar-refractivity contribution is -0.253. The number of rotatable bonds is 5. The van der Waals surface area contributed by atoms with Crippen molar-refractivity contribution < 1.29 is 27.9 Å². The van der Waals surface area contributed by atoms with Crippen molar-refractivity contribution in [2.24, 2.45) is 0 Å². The van der Waals surface area contributed by atoms with E-state index in [1.54, 1.807) is 0 Å². The van der Waals surface area contributed by atoms with Crippen LogP contribution in [0.2, 0.25) is 0 Å². The van der Waals surface area contributed by atoms with Crippen molar-refractivity contribution in [3.8, 4) is 0 Å². The monoisotopic (exact) mass is 242 g/mol. The smallest absolute Gasteiger partial charge is 0.396 e. The van der Waals surface area contributed by atoms with Gasteiger partial charge < -0.3 is 15.3 Å². The Morgan fingerprint density at radius 2 is 2.12 bits per heavy atom. The topological polar surface area (TPSA) is 61.8 Å². The van der Waals surface area contributed by atoms with Gasteiger partial charge in [0.1, 0.15) is 0 Å². The molecule has 8 heteroatoms. The van der Waals surface area contributed by atoms with Crippen LogP contribution in [0.4, 0.5) is 13.2 Å². The molecule has 1 aliphatic rings. The lowest BCUT2D eigenvalue weighted by Crippen LogP contribution is -2.59. The van der Waals surface area contributed by atoms with E-state index < -0.39 is 12.1 Å². The Labute approximate surface area is 90.1 Å². The zero-order chi connectivity index (χ0) is 12.2. The van der Waals surface area contributed by atoms with Gasteiger partial charge in [0.25, 0.3) is 0 Å². The van der Waals surface area contributed by atoms with Crippen LogP contribution >= 0.6 is 0 Å². The highest BCUT2D eigenvalue weighted by Crippen LogP contribution is 2.19. The Bertz CT molecular complexity index is 241. The first-order valence-corrected chi connectivity index (χ1v) is 4.82. The van der Waals surface area contributed by atoms with Crippen LogP contribution in [0, 0.1) is 0 Å². The van der Waals surface area contributed by atoms with Gasteiger partial charge in [0.05, 0.1) is 13.1 Å². The van der Waals surface area contributed by atoms with Crippen LogP contribution in [0.3, 0.4) is 0 Å². The van der Waals surface area contributed by atoms with Gasteiger partial charge in [0, 0.05) is 12.6 Å². The molecule has 1 fully saturated rings. The number of nitrogens with one attached hydrogen (secondary N) is 1. The third-order valence-electron chi connectivity index (χ3n) is 2.06. The van der Waals surface area contributed by atoms with Crippen LogP contribution in [0.15, 0.2) is 0 Å². The Hall–Kier alpha value is -0.860. The summed E-state index contributed by atoms with van der Waals surface area (Å²) < 4.78 is 35.3. The minimum absolute atomic E-state index is 0.00702. The third kappa shape index (κ3) is 3.95. The number of aliphatic hydroxyl groups excluding tert-OH is 1. The van der Waals surface area contributed by atoms with E-state index in [9.17, 15) is 18.0 Å². The molecule has 0 bridgehead atoms. The highest BCUT2D eigenvalue weighted by atomic mass is 19.4. The zero-order valence-electron chi connectivity index (χ0n) is 8.46. The van der Waals surface area contributed by atoms with Gasteiger partial charge in [-0.3, -0.25) is 0 Å². The fraction of sp³-hybridized carbons (Fsp3) is 0.875. The molecule has 0 unspecified atom stereocenters. The normalized spacial score (nSPS) is 18.2. The molecule has 5 nitrogen and oxygen atoms in total. The Kier molecular flexibility index (Phi) is 4.51. The molecule has 0 atom stereocenters. The second kappa shape index (κ2) is 5.46. The predicted octanol–water partition coefficient (Wildman–Crippen LogP) is -0.337. The van der Waals surface area contributed by atoms with Crippen LogP contribution in [0.25, 0.3) is 0 Å². The zero-order valence-corrected chi connectivity index (χ0v) is 8.46. The highest BCUT2D eigenvalue weighted by Gasteiger charge is 2.44. The van der Waals surface area contributed by atoms with E-state index in [4.69, 9.17) is 5.11 Å². The summed E-state index contributed by atoms with van der Waals surface area (Å²) in [6, 6.07) is 0.00702. The molecule has 1 rings (SSSR count). The summed E-state index contributed by atoms with van der Waals surface area (Å²) in [5.74, 6) is -2.19. The molecule has 1 saturated heterocycles. The van der Waals surface area contributed by atoms with Gasteiger partial charge in [-0.1, -0.05) is 0 Å². The first-order valence-electron chi connectivity index (χ1n) is 4.82. The molecule has 0 radical (unpaired) electrons. The van der Waals surface area contributed by atoms with Gasteiger partial charge in [0.2, 0.25) is 0 Å². The van der Waals surface area contributed by atoms with Crippen molar-refractivity contribution in [2.75, 3.05) is 26.2 Å². The van der Waals surface area contributed by atoms with Crippen LogP contribution in [0.5, 0.6) is 0 Å². The van der Waals surface area contributed by atoms with Crippen molar-refractivity contribution in [2.45, 2.75) is 18.6 Å². The molecule has 0 aromatic heterocycles. The minimum Gasteiger partial charge on any atom is -0.396 e. The van der Waals surface area contributed by atoms with Gasteiger partial charge in [0.15, 0.2) is 0 Å². The van der Waals surface area contributed by atoms with Crippen LogP contribution in [0.1, 0.15) is 6.42 Å². The van der Waals surface area contributed by atoms with Crippen LogP contribution in [-0.4, -0.2) is 54.6 Å². The maximum atomic E-state index is 11.8. The van der Waals surface area contributed by atoms with E-state index in [2.05, 4.69) is 10.2 Å². The largest absolute Gasteiger partial charge is 0.492 e. The summed E-state index contributed by atoms with van der Waals surface area (Å²) in [6.45, 7) is 1.11. The summed E-state index contributed by atoms with van der Waals surface area (Å²) in [7, 11) is 0. The average molecular weight is 242 g/mol. The van der Waals surface area contributed by atoms with Crippen LogP contribution in [-0.2, 0) is 9.63 Å². The predicted molar refractivity (Wildman–Crippen MR) is 47.2 cm³/mol. The number of carbonyl (C=O) groups excluding carboxylic acids is 1. The van der Waals surface area contributed by atoms with Crippen molar-refractivity contribution in [3.05, 3.63) is 0 Å². The summed E-state index contributed by atoms with van der Waals surface area (Å²) in [5, 5.41) is 12.4. The molecule has 1 heterocycles. The van der Waals surface area contributed by atoms with E-state index in [1.807, 2.05) is 0 Å². The summed E-state index contributed by atoms with van der Waals surface area (Å²) >= 11 is 0. The van der Waals surface area contributed by atoms with Gasteiger partial charge in [-0.2, -0.15) is 13.2 Å². The second-order valence-electron chi connectivity index (χ2n) is 3.45. The molecule has 0 aliphatic carbocycles. The highest BCUT2D eigenvalue weighted by molar-refractivity contribution is 5.75. The summed E-state index contributed by atoms with van der Waals surface area (Å²) in [6.07, 6.45) is -4.37. The molecular formula is C8H13F3N2O3. The lowest BCUT2D eigenvalue weighted by atomic mass is 10.1. The van der Waals surface area contributed by atoms with Gasteiger partial charge in [-0.05, 0) is 13.0 Å². The molecule has 0 amide bonds. The Morgan fingerprint density at radius 1 is 1.50 bits per heavy atom. The standard InChI is InChI=1S/C8H13F3N2O3/c9-8(10,11)7(15)16-13-4-6(5-13)12-2-1-3-14/h6,12,14H,1-5H2. The fourth-order valence-electron chi connectivity index (χ4n) is 1.20. The average Bonchev–Trinajstić information content (AvgIpc) is 2.12. The third-order valence-corrected chi connectivity index (χ3v) is 2.06. The van der Waals surface area contributed by atoms with Crippen molar-refractivity contribution in [1.82, 2.24) is 10.4 Å². The Balaban J connectivity index is 2.10. The SMILES string of the molecule is O=C(ON1CC(NCCCO)C1)C(F)(F)F. The second-order valence-corrected chi connectivity index (χ2v) is 3.45. The van der Waals surface area contributed by atoms with Crippen LogP contribution < -0.4 is 5.32 Å². The number of halogens is 3. The van der Waals surface area contributed by atoms with Gasteiger partial charge in [-0.25, -0.2) is 4.79 Å². The number of aliphatic hydroxyl groups is 1. The van der Waals surface area contributed by atoms with Crippen molar-refractivity contribution >= 4 is 5.97 Å². The van der Waals surface area contributed by atoms with Crippen molar-refractivity contribution in [3.63, 3.8) is 0 Å².